The van der Waals surface area contributed by atoms with Crippen LogP contribution in [0.15, 0.2) is 268 Å². The van der Waals surface area contributed by atoms with Gasteiger partial charge in [-0.25, -0.2) is 4.98 Å². The molecule has 0 aliphatic rings. The molecule has 0 bridgehead atoms. The maximum Gasteiger partial charge on any atom is 0.449 e. The predicted molar refractivity (Wildman–Crippen MR) is 372 cm³/mol. The first kappa shape index (κ1) is 65.1. The summed E-state index contributed by atoms with van der Waals surface area (Å²) in [5.74, 6) is -0.991. The Bertz CT molecular complexity index is 5080. The quantitative estimate of drug-likeness (QED) is 0.0715. The fraction of sp³-hybridized carbons (Fsp3) is 0.192. The molecule has 3 unspecified atom stereocenters. The van der Waals surface area contributed by atoms with Gasteiger partial charge in [-0.2, -0.15) is 26.3 Å². The van der Waals surface area contributed by atoms with Crippen molar-refractivity contribution in [2.45, 2.75) is 96.1 Å². The number of aliphatic hydroxyl groups excluding tert-OH is 4. The molecule has 13 nitrogen and oxygen atoms in total. The van der Waals surface area contributed by atoms with Gasteiger partial charge in [-0.3, -0.25) is 0 Å². The first-order valence-corrected chi connectivity index (χ1v) is 32.0. The van der Waals surface area contributed by atoms with Crippen LogP contribution >= 0.6 is 0 Å². The Hall–Kier alpha value is -10.6. The smallest absolute Gasteiger partial charge is 0.389 e. The summed E-state index contributed by atoms with van der Waals surface area (Å²) < 4.78 is 94.8. The fourth-order valence-electron chi connectivity index (χ4n) is 13.2. The summed E-state index contributed by atoms with van der Waals surface area (Å²) in [6, 6.07) is 75.0. The van der Waals surface area contributed by atoms with Crippen molar-refractivity contribution in [3.05, 3.63) is 285 Å². The average molecular weight is 1310 g/mol. The van der Waals surface area contributed by atoms with Gasteiger partial charge in [-0.05, 0) is 136 Å². The Kier molecular flexibility index (Phi) is 18.8. The molecule has 0 aliphatic carbocycles. The van der Waals surface area contributed by atoms with Crippen LogP contribution in [0.1, 0.15) is 17.2 Å². The number of halogens is 6. The van der Waals surface area contributed by atoms with Crippen molar-refractivity contribution < 1.29 is 46.8 Å². The van der Waals surface area contributed by atoms with E-state index in [0.29, 0.717) is 42.6 Å². The van der Waals surface area contributed by atoms with Gasteiger partial charge in [0, 0.05) is 80.7 Å². The van der Waals surface area contributed by atoms with Gasteiger partial charge in [0.25, 0.3) is 0 Å². The average Bonchev–Trinajstić information content (AvgIpc) is 1.66. The molecule has 8 aromatic carbocycles. The van der Waals surface area contributed by atoms with Crippen LogP contribution in [-0.4, -0.2) is 86.4 Å². The molecule has 0 amide bonds. The molecule has 0 spiro atoms. The fourth-order valence-corrected chi connectivity index (χ4v) is 13.2. The van der Waals surface area contributed by atoms with Crippen molar-refractivity contribution in [1.82, 2.24) is 41.5 Å². The summed E-state index contributed by atoms with van der Waals surface area (Å²) in [5.41, 5.74) is 8.08. The molecule has 16 aromatic rings. The molecular formula is C78H71F6N9O4. The molecule has 4 N–H and O–H groups in total. The van der Waals surface area contributed by atoms with Crippen molar-refractivity contribution in [2.75, 3.05) is 0 Å². The van der Waals surface area contributed by atoms with Crippen molar-refractivity contribution in [2.24, 2.45) is 0 Å². The molecule has 8 aromatic heterocycles. The standard InChI is InChI=1S/C20H17F3N2O.C20H20N2O.C19H16F3N3O.C19H18N2O/c21-20(22,23)19-11-15-6-2-4-8-18(15)25(19)13-16(26)12-24-10-9-14-5-1-3-7-17(14)24;1-15-12-17-7-3-5-9-20(17)22(15)14-18(23)13-21-11-10-16-6-2-4-8-19(16)21;20-19(21,22)18-23-15-6-2-4-8-17(15)25(18)12-14(26)11-24-10-9-13-5-1-3-7-16(13)24;22-17(13-20-11-9-15-5-1-3-7-18(15)20)14-21-12-10-16-6-2-4-8-19(16)21/h1-11,16,26H,12-13H2;2-12,18,23H,13-14H2,1H3;1-10,14,26H,11-12H2;1-12,17,22H,13-14H2. The zero-order valence-corrected chi connectivity index (χ0v) is 53.0. The molecule has 8 heterocycles. The zero-order chi connectivity index (χ0) is 67.4. The number of fused-ring (bicyclic) bond motifs is 8. The molecule has 19 heteroatoms. The number of benzene rings is 8. The van der Waals surface area contributed by atoms with E-state index in [-0.39, 0.29) is 31.7 Å². The number of aryl methyl sites for hydroxylation is 1. The normalized spacial score (nSPS) is 13.0. The zero-order valence-electron chi connectivity index (χ0n) is 53.0. The Morgan fingerprint density at radius 1 is 0.299 bits per heavy atom. The van der Waals surface area contributed by atoms with Gasteiger partial charge >= 0.3 is 12.4 Å². The number of para-hydroxylation sites is 9. The molecule has 494 valence electrons. The summed E-state index contributed by atoms with van der Waals surface area (Å²) in [6.07, 6.45) is -2.06. The van der Waals surface area contributed by atoms with Crippen molar-refractivity contribution >= 4 is 87.4 Å². The molecule has 97 heavy (non-hydrogen) atoms. The van der Waals surface area contributed by atoms with Crippen LogP contribution in [-0.2, 0) is 64.7 Å². The summed E-state index contributed by atoms with van der Waals surface area (Å²) >= 11 is 0. The number of alkyl halides is 6. The lowest BCUT2D eigenvalue weighted by Gasteiger charge is -2.18. The van der Waals surface area contributed by atoms with Gasteiger partial charge in [0.2, 0.25) is 5.82 Å². The number of aromatic nitrogens is 9. The van der Waals surface area contributed by atoms with E-state index >= 15 is 0 Å². The third kappa shape index (κ3) is 14.5. The van der Waals surface area contributed by atoms with Crippen LogP contribution in [0.5, 0.6) is 0 Å². The number of hydrogen-bond acceptors (Lipinski definition) is 5. The predicted octanol–water partition coefficient (Wildman–Crippen LogP) is 16.4. The van der Waals surface area contributed by atoms with Gasteiger partial charge in [-0.15, -0.1) is 0 Å². The summed E-state index contributed by atoms with van der Waals surface area (Å²) in [7, 11) is 0. The highest BCUT2D eigenvalue weighted by atomic mass is 19.4. The molecule has 0 radical (unpaired) electrons. The number of hydrogen-bond donors (Lipinski definition) is 4. The Morgan fingerprint density at radius 3 is 0.938 bits per heavy atom. The van der Waals surface area contributed by atoms with Crippen LogP contribution < -0.4 is 0 Å². The topological polar surface area (TPSA) is 133 Å². The third-order valence-electron chi connectivity index (χ3n) is 17.6. The Labute approximate surface area is 554 Å². The minimum Gasteiger partial charge on any atom is -0.389 e. The molecule has 0 fully saturated rings. The molecular weight excluding hydrogens is 1240 g/mol. The molecule has 3 atom stereocenters. The second kappa shape index (κ2) is 28.0. The molecule has 0 aliphatic heterocycles. The van der Waals surface area contributed by atoms with Crippen LogP contribution in [0.3, 0.4) is 0 Å². The van der Waals surface area contributed by atoms with Gasteiger partial charge in [0.05, 0.1) is 87.8 Å². The van der Waals surface area contributed by atoms with Crippen molar-refractivity contribution in [3.63, 3.8) is 0 Å². The third-order valence-corrected chi connectivity index (χ3v) is 17.6. The maximum absolute atomic E-state index is 13.4. The number of rotatable bonds is 16. The highest BCUT2D eigenvalue weighted by Crippen LogP contribution is 2.36. The van der Waals surface area contributed by atoms with Crippen molar-refractivity contribution in [1.29, 1.82) is 0 Å². The largest absolute Gasteiger partial charge is 0.449 e. The number of aliphatic hydroxyl groups is 4. The molecule has 0 saturated carbocycles. The number of nitrogens with zero attached hydrogens (tertiary/aromatic N) is 9. The van der Waals surface area contributed by atoms with E-state index in [9.17, 15) is 46.8 Å². The molecule has 0 saturated heterocycles. The Balaban J connectivity index is 0.000000117. The lowest BCUT2D eigenvalue weighted by molar-refractivity contribution is -0.147. The SMILES string of the molecule is Cc1cc2ccccc2n1CC(O)Cn1ccc2ccccc21.OC(Cn1ccc2ccccc21)Cn1c(C(F)(F)F)cc2ccccc21.OC(Cn1ccc2ccccc21)Cn1c(C(F)(F)F)nc2ccccc21.OC(Cn1ccc2ccccc21)Cn1ccc2ccccc21. The summed E-state index contributed by atoms with van der Waals surface area (Å²) in [6.45, 7) is 4.58. The van der Waals surface area contributed by atoms with Crippen LogP contribution in [0, 0.1) is 6.92 Å². The second-order valence-corrected chi connectivity index (χ2v) is 24.4. The van der Waals surface area contributed by atoms with Gasteiger partial charge in [0.15, 0.2) is 0 Å². The highest BCUT2D eigenvalue weighted by Gasteiger charge is 2.38. The lowest BCUT2D eigenvalue weighted by atomic mass is 10.2. The number of imidazole rings is 1. The van der Waals surface area contributed by atoms with Crippen molar-refractivity contribution in [3.8, 4) is 0 Å². The highest BCUT2D eigenvalue weighted by molar-refractivity contribution is 5.85. The van der Waals surface area contributed by atoms with Crippen LogP contribution in [0.4, 0.5) is 26.3 Å². The van der Waals surface area contributed by atoms with Gasteiger partial charge in [-0.1, -0.05) is 140 Å². The van der Waals surface area contributed by atoms with E-state index in [2.05, 4.69) is 115 Å². The monoisotopic (exact) mass is 1310 g/mol. The van der Waals surface area contributed by atoms with Crippen LogP contribution in [0.25, 0.3) is 87.4 Å². The minimum atomic E-state index is -4.58. The minimum absolute atomic E-state index is 0.130. The first-order chi connectivity index (χ1) is 46.9. The Morgan fingerprint density at radius 2 is 0.577 bits per heavy atom. The maximum atomic E-state index is 13.4. The van der Waals surface area contributed by atoms with E-state index in [1.807, 2.05) is 137 Å². The summed E-state index contributed by atoms with van der Waals surface area (Å²) in [4.78, 5) is 3.70. The van der Waals surface area contributed by atoms with E-state index in [0.717, 1.165) is 37.0 Å². The second-order valence-electron chi connectivity index (χ2n) is 24.4. The lowest BCUT2D eigenvalue weighted by Crippen LogP contribution is -2.25. The van der Waals surface area contributed by atoms with E-state index in [1.165, 1.54) is 55.4 Å². The van der Waals surface area contributed by atoms with E-state index in [1.54, 1.807) is 42.5 Å². The van der Waals surface area contributed by atoms with Gasteiger partial charge < -0.3 is 57.0 Å². The van der Waals surface area contributed by atoms with E-state index in [4.69, 9.17) is 0 Å². The molecule has 16 rings (SSSR count). The van der Waals surface area contributed by atoms with Crippen LogP contribution in [0.2, 0.25) is 0 Å². The first-order valence-electron chi connectivity index (χ1n) is 32.0. The summed E-state index contributed by atoms with van der Waals surface area (Å²) in [5, 5.41) is 49.4. The van der Waals surface area contributed by atoms with E-state index < -0.39 is 48.3 Å². The van der Waals surface area contributed by atoms with Gasteiger partial charge in [0.1, 0.15) is 5.69 Å².